The molecule has 0 radical (unpaired) electrons. The number of piperidine rings is 1. The maximum atomic E-state index is 12.0. The third-order valence-electron chi connectivity index (χ3n) is 6.06. The van der Waals surface area contributed by atoms with E-state index in [0.717, 1.165) is 62.8 Å². The van der Waals surface area contributed by atoms with Crippen LogP contribution in [-0.4, -0.2) is 74.6 Å². The summed E-state index contributed by atoms with van der Waals surface area (Å²) in [5.41, 5.74) is 2.14. The standard InChI is InChI=1S/C21H32N4O4.C6H3F3/c1-17(27)23-20-6-3-5-19(15-20)18-7-11-25(12-8-18)10-4-9-22-21(28)24(2)13-14-29-16-26;7-4-2-1-3-5(8)6(4)9/h3,5-6,15-16,18H,4,7-14H2,1-2H3,(H,22,28)(H,23,27);1-3H. The van der Waals surface area contributed by atoms with E-state index in [9.17, 15) is 27.6 Å². The minimum atomic E-state index is -1.42. The first kappa shape index (κ1) is 30.6. The van der Waals surface area contributed by atoms with Gasteiger partial charge in [0, 0.05) is 26.2 Å². The largest absolute Gasteiger partial charge is 0.466 e. The maximum absolute atomic E-state index is 12.0. The summed E-state index contributed by atoms with van der Waals surface area (Å²) < 4.78 is 40.5. The summed E-state index contributed by atoms with van der Waals surface area (Å²) in [4.78, 5) is 37.2. The average molecular weight is 537 g/mol. The number of likely N-dealkylation sites (tertiary alicyclic amines) is 1. The number of hydrogen-bond acceptors (Lipinski definition) is 5. The topological polar surface area (TPSA) is 91.0 Å². The molecular formula is C27H35F3N4O4. The van der Waals surface area contributed by atoms with Crippen LogP contribution in [0.4, 0.5) is 23.7 Å². The summed E-state index contributed by atoms with van der Waals surface area (Å²) in [7, 11) is 1.68. The van der Waals surface area contributed by atoms with Crippen LogP contribution in [0.2, 0.25) is 0 Å². The summed E-state index contributed by atoms with van der Waals surface area (Å²) in [6.45, 7) is 6.13. The summed E-state index contributed by atoms with van der Waals surface area (Å²) in [5, 5.41) is 5.74. The van der Waals surface area contributed by atoms with Gasteiger partial charge in [0.25, 0.3) is 6.47 Å². The molecule has 1 heterocycles. The van der Waals surface area contributed by atoms with Crippen molar-refractivity contribution in [3.05, 3.63) is 65.5 Å². The Balaban J connectivity index is 0.000000474. The van der Waals surface area contributed by atoms with E-state index in [1.54, 1.807) is 7.05 Å². The minimum absolute atomic E-state index is 0.0513. The van der Waals surface area contributed by atoms with Gasteiger partial charge in [-0.3, -0.25) is 9.59 Å². The summed E-state index contributed by atoms with van der Waals surface area (Å²) in [5.74, 6) is -3.27. The monoisotopic (exact) mass is 536 g/mol. The second-order valence-corrected chi connectivity index (χ2v) is 8.93. The summed E-state index contributed by atoms with van der Waals surface area (Å²) >= 11 is 0. The van der Waals surface area contributed by atoms with Crippen molar-refractivity contribution >= 4 is 24.1 Å². The van der Waals surface area contributed by atoms with Crippen LogP contribution >= 0.6 is 0 Å². The minimum Gasteiger partial charge on any atom is -0.466 e. The average Bonchev–Trinajstić information content (AvgIpc) is 2.90. The molecule has 8 nitrogen and oxygen atoms in total. The number of amides is 3. The van der Waals surface area contributed by atoms with Gasteiger partial charge >= 0.3 is 6.03 Å². The number of nitrogens with one attached hydrogen (secondary N) is 2. The molecule has 2 aromatic carbocycles. The molecule has 1 fully saturated rings. The van der Waals surface area contributed by atoms with E-state index in [1.807, 2.05) is 12.1 Å². The molecule has 11 heteroatoms. The number of nitrogens with zero attached hydrogens (tertiary/aromatic N) is 2. The highest BCUT2D eigenvalue weighted by Gasteiger charge is 2.20. The SMILES string of the molecule is CC(=O)Nc1cccc(C2CCN(CCCNC(=O)N(C)CCOC=O)CC2)c1.Fc1cccc(F)c1F. The first-order valence-corrected chi connectivity index (χ1v) is 12.4. The van der Waals surface area contributed by atoms with Gasteiger partial charge in [0.15, 0.2) is 17.5 Å². The van der Waals surface area contributed by atoms with Gasteiger partial charge in [-0.05, 0) is 74.6 Å². The second kappa shape index (κ2) is 16.3. The van der Waals surface area contributed by atoms with E-state index >= 15 is 0 Å². The molecular weight excluding hydrogens is 501 g/mol. The number of ether oxygens (including phenoxy) is 1. The van der Waals surface area contributed by atoms with Crippen LogP contribution in [0.1, 0.15) is 37.7 Å². The zero-order valence-corrected chi connectivity index (χ0v) is 21.7. The van der Waals surface area contributed by atoms with Crippen molar-refractivity contribution in [2.75, 3.05) is 51.7 Å². The zero-order valence-electron chi connectivity index (χ0n) is 21.7. The van der Waals surface area contributed by atoms with Crippen molar-refractivity contribution in [1.82, 2.24) is 15.1 Å². The van der Waals surface area contributed by atoms with Crippen molar-refractivity contribution in [1.29, 1.82) is 0 Å². The normalized spacial score (nSPS) is 13.6. The fourth-order valence-electron chi connectivity index (χ4n) is 4.01. The molecule has 0 spiro atoms. The van der Waals surface area contributed by atoms with Crippen LogP contribution < -0.4 is 10.6 Å². The van der Waals surface area contributed by atoms with Gasteiger partial charge < -0.3 is 25.2 Å². The molecule has 1 saturated heterocycles. The molecule has 0 atom stereocenters. The molecule has 2 N–H and O–H groups in total. The number of hydrogen-bond donors (Lipinski definition) is 2. The number of rotatable bonds is 10. The van der Waals surface area contributed by atoms with Crippen molar-refractivity contribution in [3.8, 4) is 0 Å². The maximum Gasteiger partial charge on any atom is 0.317 e. The number of carbonyl (C=O) groups is 3. The van der Waals surface area contributed by atoms with Crippen LogP contribution in [-0.2, 0) is 14.3 Å². The molecule has 0 unspecified atom stereocenters. The lowest BCUT2D eigenvalue weighted by atomic mass is 9.89. The van der Waals surface area contributed by atoms with Crippen LogP contribution in [0.5, 0.6) is 0 Å². The Kier molecular flexibility index (Phi) is 13.1. The molecule has 3 amide bonds. The molecule has 3 rings (SSSR count). The number of carbonyl (C=O) groups excluding carboxylic acids is 3. The van der Waals surface area contributed by atoms with Gasteiger partial charge in [-0.1, -0.05) is 18.2 Å². The van der Waals surface area contributed by atoms with Crippen LogP contribution in [0.15, 0.2) is 42.5 Å². The molecule has 38 heavy (non-hydrogen) atoms. The first-order valence-electron chi connectivity index (χ1n) is 12.4. The van der Waals surface area contributed by atoms with Gasteiger partial charge in [-0.2, -0.15) is 0 Å². The Hall–Kier alpha value is -3.60. The van der Waals surface area contributed by atoms with Crippen molar-refractivity contribution in [2.24, 2.45) is 0 Å². The Bertz CT molecular complexity index is 1030. The molecule has 1 aliphatic heterocycles. The van der Waals surface area contributed by atoms with E-state index < -0.39 is 17.5 Å². The third kappa shape index (κ3) is 10.8. The van der Waals surface area contributed by atoms with Gasteiger partial charge in [-0.25, -0.2) is 18.0 Å². The quantitative estimate of drug-likeness (QED) is 0.271. The fraction of sp³-hybridized carbons (Fsp3) is 0.444. The molecule has 0 saturated carbocycles. The highest BCUT2D eigenvalue weighted by atomic mass is 19.2. The molecule has 0 bridgehead atoms. The highest BCUT2D eigenvalue weighted by molar-refractivity contribution is 5.88. The van der Waals surface area contributed by atoms with E-state index in [2.05, 4.69) is 32.4 Å². The van der Waals surface area contributed by atoms with Crippen LogP contribution in [0, 0.1) is 17.5 Å². The number of halogens is 3. The van der Waals surface area contributed by atoms with Gasteiger partial charge in [0.05, 0.1) is 6.54 Å². The lowest BCUT2D eigenvalue weighted by Crippen LogP contribution is -2.40. The summed E-state index contributed by atoms with van der Waals surface area (Å²) in [6.07, 6.45) is 3.08. The Morgan fingerprint density at radius 3 is 2.37 bits per heavy atom. The van der Waals surface area contributed by atoms with Crippen LogP contribution in [0.3, 0.4) is 0 Å². The fourth-order valence-corrected chi connectivity index (χ4v) is 4.01. The summed E-state index contributed by atoms with van der Waals surface area (Å²) in [6, 6.07) is 10.8. The van der Waals surface area contributed by atoms with Gasteiger partial charge in [-0.15, -0.1) is 0 Å². The Morgan fingerprint density at radius 2 is 1.76 bits per heavy atom. The van der Waals surface area contributed by atoms with Gasteiger partial charge in [0.1, 0.15) is 6.61 Å². The number of urea groups is 1. The number of benzene rings is 2. The highest BCUT2D eigenvalue weighted by Crippen LogP contribution is 2.29. The Morgan fingerprint density at radius 1 is 1.11 bits per heavy atom. The molecule has 208 valence electrons. The lowest BCUT2D eigenvalue weighted by molar-refractivity contribution is -0.128. The number of likely N-dealkylation sites (N-methyl/N-ethyl adjacent to an activating group) is 1. The van der Waals surface area contributed by atoms with E-state index in [4.69, 9.17) is 0 Å². The molecule has 0 aliphatic carbocycles. The zero-order chi connectivity index (χ0) is 27.9. The van der Waals surface area contributed by atoms with Crippen LogP contribution in [0.25, 0.3) is 0 Å². The third-order valence-corrected chi connectivity index (χ3v) is 6.06. The molecule has 0 aromatic heterocycles. The lowest BCUT2D eigenvalue weighted by Gasteiger charge is -2.32. The predicted molar refractivity (Wildman–Crippen MR) is 138 cm³/mol. The van der Waals surface area contributed by atoms with E-state index in [1.165, 1.54) is 17.4 Å². The van der Waals surface area contributed by atoms with E-state index in [-0.39, 0.29) is 18.5 Å². The van der Waals surface area contributed by atoms with Crippen molar-refractivity contribution in [3.63, 3.8) is 0 Å². The molecule has 1 aliphatic rings. The van der Waals surface area contributed by atoms with E-state index in [0.29, 0.717) is 25.5 Å². The van der Waals surface area contributed by atoms with Crippen molar-refractivity contribution < 1.29 is 32.3 Å². The smallest absolute Gasteiger partial charge is 0.317 e. The van der Waals surface area contributed by atoms with Gasteiger partial charge in [0.2, 0.25) is 5.91 Å². The second-order valence-electron chi connectivity index (χ2n) is 8.93. The predicted octanol–water partition coefficient (Wildman–Crippen LogP) is 4.13. The number of anilines is 1. The first-order chi connectivity index (χ1) is 18.2. The molecule has 2 aromatic rings. The van der Waals surface area contributed by atoms with Crippen molar-refractivity contribution in [2.45, 2.75) is 32.1 Å². The Labute approximate surface area is 221 Å².